The van der Waals surface area contributed by atoms with Crippen molar-refractivity contribution in [1.82, 2.24) is 0 Å². The Morgan fingerprint density at radius 3 is 2.33 bits per heavy atom. The van der Waals surface area contributed by atoms with Gasteiger partial charge in [0.15, 0.2) is 0 Å². The molecule has 0 unspecified atom stereocenters. The molecule has 2 aromatic carbocycles. The number of carbonyl (C=O) groups is 2. The average molecular weight is 324 g/mol. The first-order chi connectivity index (χ1) is 11.7. The largest absolute Gasteiger partial charge is 0.495 e. The summed E-state index contributed by atoms with van der Waals surface area (Å²) in [5, 5.41) is 5.71. The van der Waals surface area contributed by atoms with Gasteiger partial charge in [-0.15, -0.1) is 0 Å². The van der Waals surface area contributed by atoms with Crippen LogP contribution < -0.4 is 15.4 Å². The Hall–Kier alpha value is -2.82. The van der Waals surface area contributed by atoms with Crippen LogP contribution in [0.2, 0.25) is 0 Å². The van der Waals surface area contributed by atoms with Gasteiger partial charge in [-0.25, -0.2) is 0 Å². The van der Waals surface area contributed by atoms with E-state index < -0.39 is 0 Å². The Balaban J connectivity index is 1.64. The van der Waals surface area contributed by atoms with Gasteiger partial charge in [0.25, 0.3) is 5.91 Å². The zero-order chi connectivity index (χ0) is 16.9. The highest BCUT2D eigenvalue weighted by Gasteiger charge is 2.25. The maximum atomic E-state index is 12.3. The third kappa shape index (κ3) is 3.56. The van der Waals surface area contributed by atoms with Gasteiger partial charge in [-0.1, -0.05) is 18.6 Å². The number of hydrogen-bond donors (Lipinski definition) is 2. The van der Waals surface area contributed by atoms with Gasteiger partial charge in [0.1, 0.15) is 5.75 Å². The van der Waals surface area contributed by atoms with E-state index in [9.17, 15) is 9.59 Å². The highest BCUT2D eigenvalue weighted by Crippen LogP contribution is 2.28. The van der Waals surface area contributed by atoms with Crippen LogP contribution in [0.5, 0.6) is 5.75 Å². The van der Waals surface area contributed by atoms with E-state index in [2.05, 4.69) is 10.6 Å². The molecule has 0 aromatic heterocycles. The van der Waals surface area contributed by atoms with Gasteiger partial charge in [0.2, 0.25) is 5.91 Å². The Morgan fingerprint density at radius 1 is 1.00 bits per heavy atom. The van der Waals surface area contributed by atoms with Gasteiger partial charge in [-0.2, -0.15) is 0 Å². The minimum Gasteiger partial charge on any atom is -0.495 e. The quantitative estimate of drug-likeness (QED) is 0.881. The van der Waals surface area contributed by atoms with E-state index in [-0.39, 0.29) is 17.7 Å². The molecule has 24 heavy (non-hydrogen) atoms. The molecule has 2 amide bonds. The van der Waals surface area contributed by atoms with Crippen molar-refractivity contribution < 1.29 is 14.3 Å². The van der Waals surface area contributed by atoms with E-state index in [1.165, 1.54) is 0 Å². The van der Waals surface area contributed by atoms with Gasteiger partial charge in [-0.3, -0.25) is 9.59 Å². The molecule has 1 aliphatic carbocycles. The van der Waals surface area contributed by atoms with Crippen molar-refractivity contribution >= 4 is 23.2 Å². The smallest absolute Gasteiger partial charge is 0.255 e. The summed E-state index contributed by atoms with van der Waals surface area (Å²) in [6.45, 7) is 0. The molecule has 2 N–H and O–H groups in total. The maximum Gasteiger partial charge on any atom is 0.255 e. The zero-order valence-electron chi connectivity index (χ0n) is 13.5. The van der Waals surface area contributed by atoms with Gasteiger partial charge >= 0.3 is 0 Å². The van der Waals surface area contributed by atoms with Crippen molar-refractivity contribution in [2.45, 2.75) is 19.3 Å². The molecule has 0 bridgehead atoms. The monoisotopic (exact) mass is 324 g/mol. The van der Waals surface area contributed by atoms with Crippen molar-refractivity contribution in [1.29, 1.82) is 0 Å². The number of anilines is 2. The number of ether oxygens (including phenoxy) is 1. The lowest BCUT2D eigenvalue weighted by Crippen LogP contribution is -2.28. The summed E-state index contributed by atoms with van der Waals surface area (Å²) in [5.41, 5.74) is 1.84. The Labute approximate surface area is 141 Å². The van der Waals surface area contributed by atoms with Gasteiger partial charge in [0, 0.05) is 17.2 Å². The predicted octanol–water partition coefficient (Wildman–Crippen LogP) is 3.69. The topological polar surface area (TPSA) is 67.4 Å². The zero-order valence-corrected chi connectivity index (χ0v) is 13.5. The van der Waals surface area contributed by atoms with E-state index in [0.717, 1.165) is 19.3 Å². The molecule has 0 saturated heterocycles. The first kappa shape index (κ1) is 16.1. The third-order valence-electron chi connectivity index (χ3n) is 4.25. The fourth-order valence-corrected chi connectivity index (χ4v) is 2.56. The van der Waals surface area contributed by atoms with Crippen molar-refractivity contribution in [3.63, 3.8) is 0 Å². The second kappa shape index (κ2) is 7.17. The van der Waals surface area contributed by atoms with Crippen LogP contribution in [0.15, 0.2) is 48.5 Å². The number of para-hydroxylation sites is 2. The van der Waals surface area contributed by atoms with E-state index in [1.54, 1.807) is 43.5 Å². The van der Waals surface area contributed by atoms with Crippen molar-refractivity contribution in [2.24, 2.45) is 5.92 Å². The summed E-state index contributed by atoms with van der Waals surface area (Å²) in [6, 6.07) is 14.1. The molecular formula is C19H20N2O3. The lowest BCUT2D eigenvalue weighted by atomic mass is 9.85. The predicted molar refractivity (Wildman–Crippen MR) is 93.4 cm³/mol. The van der Waals surface area contributed by atoms with Crippen LogP contribution in [0.4, 0.5) is 11.4 Å². The van der Waals surface area contributed by atoms with Crippen LogP contribution in [-0.4, -0.2) is 18.9 Å². The van der Waals surface area contributed by atoms with Crippen molar-refractivity contribution in [3.8, 4) is 5.75 Å². The number of carbonyl (C=O) groups excluding carboxylic acids is 2. The molecule has 0 heterocycles. The van der Waals surface area contributed by atoms with Gasteiger partial charge in [-0.05, 0) is 49.2 Å². The standard InChI is InChI=1S/C19H20N2O3/c1-24-17-8-3-2-7-16(17)21-19(23)14-9-11-15(12-10-14)20-18(22)13-5-4-6-13/h2-3,7-13H,4-6H2,1H3,(H,20,22)(H,21,23). The number of hydrogen-bond acceptors (Lipinski definition) is 3. The van der Waals surface area contributed by atoms with E-state index in [4.69, 9.17) is 4.74 Å². The second-order valence-electron chi connectivity index (χ2n) is 5.85. The molecular weight excluding hydrogens is 304 g/mol. The lowest BCUT2D eigenvalue weighted by molar-refractivity contribution is -0.122. The number of benzene rings is 2. The van der Waals surface area contributed by atoms with Gasteiger partial charge < -0.3 is 15.4 Å². The summed E-state index contributed by atoms with van der Waals surface area (Å²) in [5.74, 6) is 0.581. The summed E-state index contributed by atoms with van der Waals surface area (Å²) < 4.78 is 5.22. The Bertz CT molecular complexity index is 737. The molecule has 5 nitrogen and oxygen atoms in total. The van der Waals surface area contributed by atoms with Crippen LogP contribution in [0.1, 0.15) is 29.6 Å². The number of methoxy groups -OCH3 is 1. The van der Waals surface area contributed by atoms with Crippen molar-refractivity contribution in [2.75, 3.05) is 17.7 Å². The SMILES string of the molecule is COc1ccccc1NC(=O)c1ccc(NC(=O)C2CCC2)cc1. The van der Waals surface area contributed by atoms with Crippen LogP contribution >= 0.6 is 0 Å². The summed E-state index contributed by atoms with van der Waals surface area (Å²) >= 11 is 0. The number of rotatable bonds is 5. The first-order valence-corrected chi connectivity index (χ1v) is 8.02. The second-order valence-corrected chi connectivity index (χ2v) is 5.85. The molecule has 1 saturated carbocycles. The molecule has 1 aliphatic rings. The molecule has 3 rings (SSSR count). The van der Waals surface area contributed by atoms with E-state index in [1.807, 2.05) is 12.1 Å². The molecule has 5 heteroatoms. The molecule has 1 fully saturated rings. The van der Waals surface area contributed by atoms with Crippen LogP contribution in [0.3, 0.4) is 0 Å². The first-order valence-electron chi connectivity index (χ1n) is 8.02. The highest BCUT2D eigenvalue weighted by atomic mass is 16.5. The van der Waals surface area contributed by atoms with Crippen LogP contribution in [0, 0.1) is 5.92 Å². The maximum absolute atomic E-state index is 12.3. The number of amides is 2. The Morgan fingerprint density at radius 2 is 1.71 bits per heavy atom. The molecule has 124 valence electrons. The molecule has 0 spiro atoms. The molecule has 0 aliphatic heterocycles. The highest BCUT2D eigenvalue weighted by molar-refractivity contribution is 6.05. The van der Waals surface area contributed by atoms with Crippen LogP contribution in [-0.2, 0) is 4.79 Å². The lowest BCUT2D eigenvalue weighted by Gasteiger charge is -2.24. The summed E-state index contributed by atoms with van der Waals surface area (Å²) in [4.78, 5) is 24.2. The third-order valence-corrected chi connectivity index (χ3v) is 4.25. The average Bonchev–Trinajstić information content (AvgIpc) is 2.54. The van der Waals surface area contributed by atoms with Crippen LogP contribution in [0.25, 0.3) is 0 Å². The van der Waals surface area contributed by atoms with Crippen molar-refractivity contribution in [3.05, 3.63) is 54.1 Å². The fourth-order valence-electron chi connectivity index (χ4n) is 2.56. The summed E-state index contributed by atoms with van der Waals surface area (Å²) in [6.07, 6.45) is 3.05. The molecule has 0 atom stereocenters. The van der Waals surface area contributed by atoms with E-state index >= 15 is 0 Å². The normalized spacial score (nSPS) is 13.7. The van der Waals surface area contributed by atoms with E-state index in [0.29, 0.717) is 22.7 Å². The van der Waals surface area contributed by atoms with Gasteiger partial charge in [0.05, 0.1) is 12.8 Å². The Kier molecular flexibility index (Phi) is 4.79. The molecule has 0 radical (unpaired) electrons. The fraction of sp³-hybridized carbons (Fsp3) is 0.263. The minimum atomic E-state index is -0.226. The minimum absolute atomic E-state index is 0.0625. The summed E-state index contributed by atoms with van der Waals surface area (Å²) in [7, 11) is 1.56. The number of nitrogens with one attached hydrogen (secondary N) is 2. The molecule has 2 aromatic rings.